The third-order valence-corrected chi connectivity index (χ3v) is 1.97. The molecule has 4 nitrogen and oxygen atoms in total. The van der Waals surface area contributed by atoms with Crippen LogP contribution in [0.4, 0.5) is 0 Å². The van der Waals surface area contributed by atoms with Gasteiger partial charge in [0.2, 0.25) is 5.56 Å². The Kier molecular flexibility index (Phi) is 1.69. The number of nitrogens with one attached hydrogen (secondary N) is 1. The molecule has 1 N–H and O–H groups in total. The van der Waals surface area contributed by atoms with Crippen LogP contribution in [0, 0.1) is 0 Å². The Morgan fingerprint density at radius 1 is 1.46 bits per heavy atom. The smallest absolute Gasteiger partial charge is 0.248 e. The monoisotopic (exact) mass is 177 g/mol. The quantitative estimate of drug-likeness (QED) is 0.713. The highest BCUT2D eigenvalue weighted by molar-refractivity contribution is 5.73. The third kappa shape index (κ3) is 1.24. The van der Waals surface area contributed by atoms with Gasteiger partial charge in [0.15, 0.2) is 0 Å². The van der Waals surface area contributed by atoms with Gasteiger partial charge in [-0.15, -0.1) is 0 Å². The first kappa shape index (κ1) is 8.04. The van der Waals surface area contributed by atoms with Gasteiger partial charge >= 0.3 is 0 Å². The van der Waals surface area contributed by atoms with Crippen LogP contribution in [0.1, 0.15) is 19.9 Å². The fraction of sp³-hybridized carbons (Fsp3) is 0.333. The van der Waals surface area contributed by atoms with Crippen LogP contribution in [-0.4, -0.2) is 14.8 Å². The molecule has 0 aliphatic carbocycles. The fourth-order valence-corrected chi connectivity index (χ4v) is 1.37. The average Bonchev–Trinajstić information content (AvgIpc) is 2.46. The molecular formula is C9H11N3O. The lowest BCUT2D eigenvalue weighted by Crippen LogP contribution is -2.05. The molecule has 0 bridgehead atoms. The molecule has 68 valence electrons. The van der Waals surface area contributed by atoms with Crippen molar-refractivity contribution in [2.45, 2.75) is 19.9 Å². The molecule has 2 aromatic rings. The number of hydrogen-bond donors (Lipinski definition) is 1. The lowest BCUT2D eigenvalue weighted by molar-refractivity contribution is 0.551. The molecule has 0 aliphatic heterocycles. The minimum Gasteiger partial charge on any atom is -0.319 e. The Morgan fingerprint density at radius 2 is 2.23 bits per heavy atom. The summed E-state index contributed by atoms with van der Waals surface area (Å²) in [4.78, 5) is 13.7. The first-order chi connectivity index (χ1) is 6.18. The van der Waals surface area contributed by atoms with Crippen LogP contribution in [0.3, 0.4) is 0 Å². The number of nitrogens with zero attached hydrogens (tertiary/aromatic N) is 2. The molecule has 0 amide bonds. The Hall–Kier alpha value is -1.58. The van der Waals surface area contributed by atoms with Crippen molar-refractivity contribution in [1.82, 2.24) is 14.8 Å². The van der Waals surface area contributed by atoms with Crippen molar-refractivity contribution in [3.05, 3.63) is 28.7 Å². The largest absolute Gasteiger partial charge is 0.319 e. The second-order valence-corrected chi connectivity index (χ2v) is 3.30. The van der Waals surface area contributed by atoms with Crippen LogP contribution in [0.5, 0.6) is 0 Å². The number of hydrogen-bond acceptors (Lipinski definition) is 2. The van der Waals surface area contributed by atoms with Gasteiger partial charge < -0.3 is 4.98 Å². The summed E-state index contributed by atoms with van der Waals surface area (Å²) >= 11 is 0. The van der Waals surface area contributed by atoms with Gasteiger partial charge in [0, 0.05) is 12.1 Å². The minimum atomic E-state index is -0.0872. The molecule has 0 atom stereocenters. The first-order valence-electron chi connectivity index (χ1n) is 4.25. The van der Waals surface area contributed by atoms with E-state index in [1.54, 1.807) is 12.3 Å². The predicted molar refractivity (Wildman–Crippen MR) is 50.7 cm³/mol. The zero-order valence-electron chi connectivity index (χ0n) is 7.61. The molecule has 0 aliphatic rings. The van der Waals surface area contributed by atoms with Gasteiger partial charge in [-0.3, -0.25) is 9.48 Å². The summed E-state index contributed by atoms with van der Waals surface area (Å²) in [5.41, 5.74) is 1.67. The van der Waals surface area contributed by atoms with E-state index in [0.29, 0.717) is 6.04 Å². The summed E-state index contributed by atoms with van der Waals surface area (Å²) in [6.45, 7) is 4.11. The van der Waals surface area contributed by atoms with Crippen LogP contribution < -0.4 is 5.56 Å². The zero-order chi connectivity index (χ0) is 9.42. The van der Waals surface area contributed by atoms with E-state index in [2.05, 4.69) is 23.9 Å². The fourth-order valence-electron chi connectivity index (χ4n) is 1.37. The van der Waals surface area contributed by atoms with Crippen molar-refractivity contribution in [2.75, 3.05) is 0 Å². The lowest BCUT2D eigenvalue weighted by atomic mass is 10.3. The van der Waals surface area contributed by atoms with E-state index >= 15 is 0 Å². The van der Waals surface area contributed by atoms with Crippen molar-refractivity contribution in [1.29, 1.82) is 0 Å². The summed E-state index contributed by atoms with van der Waals surface area (Å²) in [6, 6.07) is 3.62. The van der Waals surface area contributed by atoms with Gasteiger partial charge in [-0.2, -0.15) is 5.10 Å². The molecule has 0 saturated carbocycles. The topological polar surface area (TPSA) is 50.7 Å². The predicted octanol–water partition coefficient (Wildman–Crippen LogP) is 1.31. The molecule has 0 spiro atoms. The van der Waals surface area contributed by atoms with Gasteiger partial charge in [-0.1, -0.05) is 0 Å². The summed E-state index contributed by atoms with van der Waals surface area (Å²) in [6.07, 6.45) is 1.68. The molecule has 2 heterocycles. The van der Waals surface area contributed by atoms with Crippen molar-refractivity contribution in [3.8, 4) is 0 Å². The zero-order valence-corrected chi connectivity index (χ0v) is 7.61. The van der Waals surface area contributed by atoms with E-state index < -0.39 is 0 Å². The molecule has 2 aromatic heterocycles. The SMILES string of the molecule is CC(C)n1ncc2[nH]c(=O)ccc21. The van der Waals surface area contributed by atoms with Gasteiger partial charge in [0.05, 0.1) is 17.2 Å². The van der Waals surface area contributed by atoms with E-state index in [1.165, 1.54) is 6.07 Å². The molecule has 0 fully saturated rings. The molecule has 2 rings (SSSR count). The van der Waals surface area contributed by atoms with Crippen LogP contribution in [0.15, 0.2) is 23.1 Å². The van der Waals surface area contributed by atoms with E-state index in [1.807, 2.05) is 4.68 Å². The summed E-state index contributed by atoms with van der Waals surface area (Å²) in [5.74, 6) is 0. The first-order valence-corrected chi connectivity index (χ1v) is 4.25. The van der Waals surface area contributed by atoms with Crippen LogP contribution in [0.25, 0.3) is 11.0 Å². The molecule has 0 aromatic carbocycles. The highest BCUT2D eigenvalue weighted by atomic mass is 16.1. The maximum Gasteiger partial charge on any atom is 0.248 e. The van der Waals surface area contributed by atoms with Gasteiger partial charge in [-0.05, 0) is 19.9 Å². The van der Waals surface area contributed by atoms with E-state index in [4.69, 9.17) is 0 Å². The second-order valence-electron chi connectivity index (χ2n) is 3.30. The summed E-state index contributed by atoms with van der Waals surface area (Å²) in [7, 11) is 0. The van der Waals surface area contributed by atoms with Gasteiger partial charge in [0.1, 0.15) is 0 Å². The number of pyridine rings is 1. The lowest BCUT2D eigenvalue weighted by Gasteiger charge is -2.05. The number of fused-ring (bicyclic) bond motifs is 1. The van der Waals surface area contributed by atoms with E-state index in [-0.39, 0.29) is 5.56 Å². The maximum atomic E-state index is 11.0. The Labute approximate surface area is 75.2 Å². The second kappa shape index (κ2) is 2.73. The van der Waals surface area contributed by atoms with Crippen molar-refractivity contribution < 1.29 is 0 Å². The third-order valence-electron chi connectivity index (χ3n) is 1.97. The molecule has 0 saturated heterocycles. The molecule has 13 heavy (non-hydrogen) atoms. The molecule has 0 unspecified atom stereocenters. The Balaban J connectivity index is 2.76. The van der Waals surface area contributed by atoms with Crippen LogP contribution in [-0.2, 0) is 0 Å². The highest BCUT2D eigenvalue weighted by Crippen LogP contribution is 2.13. The van der Waals surface area contributed by atoms with E-state index in [9.17, 15) is 4.79 Å². The number of rotatable bonds is 1. The van der Waals surface area contributed by atoms with Gasteiger partial charge in [0.25, 0.3) is 0 Å². The van der Waals surface area contributed by atoms with Crippen molar-refractivity contribution in [2.24, 2.45) is 0 Å². The Bertz CT molecular complexity index is 481. The molecule has 0 radical (unpaired) electrons. The van der Waals surface area contributed by atoms with Crippen LogP contribution in [0.2, 0.25) is 0 Å². The number of H-pyrrole nitrogens is 1. The summed E-state index contributed by atoms with van der Waals surface area (Å²) < 4.78 is 1.88. The summed E-state index contributed by atoms with van der Waals surface area (Å²) in [5, 5.41) is 4.18. The number of aromatic nitrogens is 3. The molecular weight excluding hydrogens is 166 g/mol. The molecule has 4 heteroatoms. The van der Waals surface area contributed by atoms with Crippen LogP contribution >= 0.6 is 0 Å². The number of aromatic amines is 1. The average molecular weight is 177 g/mol. The van der Waals surface area contributed by atoms with Gasteiger partial charge in [-0.25, -0.2) is 0 Å². The normalized spacial score (nSPS) is 11.3. The van der Waals surface area contributed by atoms with Crippen molar-refractivity contribution >= 4 is 11.0 Å². The Morgan fingerprint density at radius 3 is 2.92 bits per heavy atom. The maximum absolute atomic E-state index is 11.0. The minimum absolute atomic E-state index is 0.0872. The standard InChI is InChI=1S/C9H11N3O/c1-6(2)12-8-3-4-9(13)11-7(8)5-10-12/h3-6H,1-2H3,(H,11,13). The van der Waals surface area contributed by atoms with Crippen molar-refractivity contribution in [3.63, 3.8) is 0 Å². The highest BCUT2D eigenvalue weighted by Gasteiger charge is 2.04. The van der Waals surface area contributed by atoms with E-state index in [0.717, 1.165) is 11.0 Å².